The van der Waals surface area contributed by atoms with Gasteiger partial charge in [0, 0.05) is 11.8 Å². The number of aldehydes is 1. The summed E-state index contributed by atoms with van der Waals surface area (Å²) in [5, 5.41) is 0.696. The summed E-state index contributed by atoms with van der Waals surface area (Å²) in [6, 6.07) is 3.37. The van der Waals surface area contributed by atoms with Gasteiger partial charge in [-0.2, -0.15) is 0 Å². The van der Waals surface area contributed by atoms with Crippen molar-refractivity contribution in [3.8, 4) is 0 Å². The summed E-state index contributed by atoms with van der Waals surface area (Å²) in [6.07, 6.45) is 2.21. The Morgan fingerprint density at radius 2 is 2.18 bits per heavy atom. The maximum absolute atomic E-state index is 11.4. The smallest absolute Gasteiger partial charge is 0.316 e. The van der Waals surface area contributed by atoms with E-state index < -0.39 is 5.60 Å². The molecule has 5 heteroatoms. The molecule has 0 aliphatic rings. The van der Waals surface area contributed by atoms with Crippen molar-refractivity contribution in [1.82, 2.24) is 4.98 Å². The number of thioether (sulfide) groups is 1. The van der Waals surface area contributed by atoms with Crippen LogP contribution in [0.25, 0.3) is 0 Å². The SMILES string of the molecule is CC(C)(C)OC(=O)CSc1ccc(C=O)cn1. The second-order valence-corrected chi connectivity index (χ2v) is 5.42. The van der Waals surface area contributed by atoms with E-state index in [-0.39, 0.29) is 11.7 Å². The van der Waals surface area contributed by atoms with Crippen LogP contribution in [0.1, 0.15) is 31.1 Å². The Morgan fingerprint density at radius 3 is 2.65 bits per heavy atom. The molecule has 1 heterocycles. The summed E-state index contributed by atoms with van der Waals surface area (Å²) in [6.45, 7) is 5.48. The summed E-state index contributed by atoms with van der Waals surface area (Å²) in [5.41, 5.74) is 0.0542. The summed E-state index contributed by atoms with van der Waals surface area (Å²) < 4.78 is 5.16. The molecule has 0 aliphatic carbocycles. The first kappa shape index (κ1) is 13.7. The number of carbonyl (C=O) groups is 2. The molecule has 0 saturated carbocycles. The van der Waals surface area contributed by atoms with Gasteiger partial charge in [0.15, 0.2) is 6.29 Å². The number of nitrogens with zero attached hydrogens (tertiary/aromatic N) is 1. The predicted molar refractivity (Wildman–Crippen MR) is 66.2 cm³/mol. The predicted octanol–water partition coefficient (Wildman–Crippen LogP) is 2.33. The van der Waals surface area contributed by atoms with Gasteiger partial charge in [0.05, 0.1) is 10.8 Å². The summed E-state index contributed by atoms with van der Waals surface area (Å²) in [4.78, 5) is 25.9. The molecule has 92 valence electrons. The highest BCUT2D eigenvalue weighted by Crippen LogP contribution is 2.16. The molecule has 0 radical (unpaired) electrons. The standard InChI is InChI=1S/C12H15NO3S/c1-12(2,3)16-11(15)8-17-10-5-4-9(7-14)6-13-10/h4-7H,8H2,1-3H3. The highest BCUT2D eigenvalue weighted by atomic mass is 32.2. The Hall–Kier alpha value is -1.36. The van der Waals surface area contributed by atoms with Gasteiger partial charge in [0.2, 0.25) is 0 Å². The van der Waals surface area contributed by atoms with Crippen LogP contribution in [0.15, 0.2) is 23.4 Å². The van der Waals surface area contributed by atoms with Gasteiger partial charge in [-0.15, -0.1) is 0 Å². The van der Waals surface area contributed by atoms with Crippen molar-refractivity contribution in [2.75, 3.05) is 5.75 Å². The molecule has 0 aliphatic heterocycles. The van der Waals surface area contributed by atoms with E-state index in [2.05, 4.69) is 4.98 Å². The van der Waals surface area contributed by atoms with Crippen LogP contribution < -0.4 is 0 Å². The van der Waals surface area contributed by atoms with Gasteiger partial charge in [-0.3, -0.25) is 9.59 Å². The lowest BCUT2D eigenvalue weighted by atomic mass is 10.2. The zero-order chi connectivity index (χ0) is 12.9. The first-order valence-electron chi connectivity index (χ1n) is 5.16. The number of rotatable bonds is 4. The summed E-state index contributed by atoms with van der Waals surface area (Å²) in [5.74, 6) is -0.0613. The van der Waals surface area contributed by atoms with E-state index in [9.17, 15) is 9.59 Å². The molecule has 17 heavy (non-hydrogen) atoms. The highest BCUT2D eigenvalue weighted by molar-refractivity contribution is 7.99. The van der Waals surface area contributed by atoms with Gasteiger partial charge < -0.3 is 4.74 Å². The Bertz CT molecular complexity index is 395. The Labute approximate surface area is 105 Å². The fourth-order valence-corrected chi connectivity index (χ4v) is 1.67. The molecule has 1 rings (SSSR count). The van der Waals surface area contributed by atoms with Gasteiger partial charge in [0.1, 0.15) is 5.60 Å². The maximum atomic E-state index is 11.4. The fourth-order valence-electron chi connectivity index (χ4n) is 1.05. The molecule has 4 nitrogen and oxygen atoms in total. The van der Waals surface area contributed by atoms with Crippen LogP contribution in [0.3, 0.4) is 0 Å². The van der Waals surface area contributed by atoms with Crippen LogP contribution in [0.2, 0.25) is 0 Å². The molecule has 0 saturated heterocycles. The summed E-state index contributed by atoms with van der Waals surface area (Å²) in [7, 11) is 0. The molecule has 0 fully saturated rings. The first-order valence-corrected chi connectivity index (χ1v) is 6.15. The molecule has 0 bridgehead atoms. The normalized spacial score (nSPS) is 11.0. The van der Waals surface area contributed by atoms with Crippen molar-refractivity contribution >= 4 is 24.0 Å². The molecule has 0 unspecified atom stereocenters. The zero-order valence-electron chi connectivity index (χ0n) is 10.1. The number of hydrogen-bond acceptors (Lipinski definition) is 5. The molecular weight excluding hydrogens is 238 g/mol. The van der Waals surface area contributed by atoms with Gasteiger partial charge in [-0.05, 0) is 32.9 Å². The monoisotopic (exact) mass is 253 g/mol. The number of ether oxygens (including phenoxy) is 1. The van der Waals surface area contributed by atoms with E-state index in [1.54, 1.807) is 12.1 Å². The number of esters is 1. The van der Waals surface area contributed by atoms with Crippen LogP contribution in [0, 0.1) is 0 Å². The second kappa shape index (κ2) is 5.82. The van der Waals surface area contributed by atoms with Crippen molar-refractivity contribution < 1.29 is 14.3 Å². The van der Waals surface area contributed by atoms with Crippen LogP contribution in [0.4, 0.5) is 0 Å². The summed E-state index contributed by atoms with van der Waals surface area (Å²) >= 11 is 1.29. The van der Waals surface area contributed by atoms with Crippen LogP contribution >= 0.6 is 11.8 Å². The minimum absolute atomic E-state index is 0.213. The minimum atomic E-state index is -0.466. The third kappa shape index (κ3) is 5.49. The molecule has 0 amide bonds. The van der Waals surface area contributed by atoms with Gasteiger partial charge in [-0.1, -0.05) is 11.8 Å². The number of pyridine rings is 1. The lowest BCUT2D eigenvalue weighted by Crippen LogP contribution is -2.24. The van der Waals surface area contributed by atoms with Crippen LogP contribution in [0.5, 0.6) is 0 Å². The Morgan fingerprint density at radius 1 is 1.47 bits per heavy atom. The highest BCUT2D eigenvalue weighted by Gasteiger charge is 2.16. The van der Waals surface area contributed by atoms with E-state index in [1.807, 2.05) is 20.8 Å². The maximum Gasteiger partial charge on any atom is 0.316 e. The average molecular weight is 253 g/mol. The minimum Gasteiger partial charge on any atom is -0.459 e. The molecule has 0 spiro atoms. The van der Waals surface area contributed by atoms with E-state index in [0.717, 1.165) is 6.29 Å². The van der Waals surface area contributed by atoms with Crippen molar-refractivity contribution in [3.63, 3.8) is 0 Å². The fraction of sp³-hybridized carbons (Fsp3) is 0.417. The Kier molecular flexibility index (Phi) is 4.69. The zero-order valence-corrected chi connectivity index (χ0v) is 10.9. The number of aromatic nitrogens is 1. The largest absolute Gasteiger partial charge is 0.459 e. The van der Waals surface area contributed by atoms with Gasteiger partial charge in [0.25, 0.3) is 0 Å². The third-order valence-electron chi connectivity index (χ3n) is 1.65. The lowest BCUT2D eigenvalue weighted by Gasteiger charge is -2.19. The average Bonchev–Trinajstić information content (AvgIpc) is 2.25. The molecule has 0 N–H and O–H groups in total. The van der Waals surface area contributed by atoms with Crippen molar-refractivity contribution in [2.24, 2.45) is 0 Å². The van der Waals surface area contributed by atoms with Crippen LogP contribution in [-0.2, 0) is 9.53 Å². The van der Waals surface area contributed by atoms with E-state index >= 15 is 0 Å². The number of carbonyl (C=O) groups excluding carboxylic acids is 2. The Balaban J connectivity index is 2.44. The van der Waals surface area contributed by atoms with Gasteiger partial charge >= 0.3 is 5.97 Å². The number of hydrogen-bond donors (Lipinski definition) is 0. The van der Waals surface area contributed by atoms with E-state index in [1.165, 1.54) is 18.0 Å². The van der Waals surface area contributed by atoms with Crippen LogP contribution in [-0.4, -0.2) is 28.6 Å². The van der Waals surface area contributed by atoms with E-state index in [4.69, 9.17) is 4.74 Å². The third-order valence-corrected chi connectivity index (χ3v) is 2.57. The molecule has 0 aromatic carbocycles. The molecule has 0 atom stereocenters. The van der Waals surface area contributed by atoms with Crippen molar-refractivity contribution in [2.45, 2.75) is 31.4 Å². The van der Waals surface area contributed by atoms with Crippen molar-refractivity contribution in [3.05, 3.63) is 23.9 Å². The van der Waals surface area contributed by atoms with Crippen molar-refractivity contribution in [1.29, 1.82) is 0 Å². The quantitative estimate of drug-likeness (QED) is 0.468. The molecule has 1 aromatic rings. The second-order valence-electron chi connectivity index (χ2n) is 4.42. The molecule has 1 aromatic heterocycles. The lowest BCUT2D eigenvalue weighted by molar-refractivity contribution is -0.151. The first-order chi connectivity index (χ1) is 7.90. The topological polar surface area (TPSA) is 56.3 Å². The van der Waals surface area contributed by atoms with Gasteiger partial charge in [-0.25, -0.2) is 4.98 Å². The molecular formula is C12H15NO3S. The van der Waals surface area contributed by atoms with E-state index in [0.29, 0.717) is 10.6 Å².